The largest absolute Gasteiger partial charge is 0.339 e. The lowest BCUT2D eigenvalue weighted by molar-refractivity contribution is 0.0690. The van der Waals surface area contributed by atoms with Crippen molar-refractivity contribution in [2.24, 2.45) is 5.92 Å². The molecule has 0 aliphatic carbocycles. The molecule has 1 fully saturated rings. The van der Waals surface area contributed by atoms with Crippen LogP contribution >= 0.6 is 0 Å². The van der Waals surface area contributed by atoms with Crippen LogP contribution in [-0.4, -0.2) is 33.9 Å². The number of hydrogen-bond acceptors (Lipinski definition) is 3. The molecule has 1 aliphatic heterocycles. The quantitative estimate of drug-likeness (QED) is 0.735. The molecule has 2 aromatic heterocycles. The first-order chi connectivity index (χ1) is 12.3. The number of likely N-dealkylation sites (tertiary alicyclic amines) is 1. The average molecular weight is 331 g/mol. The normalized spacial score (nSPS) is 15.4. The van der Waals surface area contributed by atoms with Crippen molar-refractivity contribution >= 4 is 16.8 Å². The molecule has 0 N–H and O–H groups in total. The van der Waals surface area contributed by atoms with Crippen LogP contribution in [0.5, 0.6) is 0 Å². The van der Waals surface area contributed by atoms with Crippen molar-refractivity contribution in [1.29, 1.82) is 0 Å². The maximum absolute atomic E-state index is 12.5. The van der Waals surface area contributed by atoms with Crippen molar-refractivity contribution in [1.82, 2.24) is 14.9 Å². The molecule has 0 unspecified atom stereocenters. The number of hydrogen-bond donors (Lipinski definition) is 0. The Morgan fingerprint density at radius 2 is 1.92 bits per heavy atom. The van der Waals surface area contributed by atoms with E-state index in [4.69, 9.17) is 0 Å². The number of carbonyl (C=O) groups is 1. The van der Waals surface area contributed by atoms with E-state index in [0.29, 0.717) is 11.5 Å². The first-order valence-corrected chi connectivity index (χ1v) is 8.82. The zero-order valence-electron chi connectivity index (χ0n) is 14.1. The number of aromatic nitrogens is 2. The Hall–Kier alpha value is -2.75. The highest BCUT2D eigenvalue weighted by Crippen LogP contribution is 2.24. The monoisotopic (exact) mass is 331 g/mol. The summed E-state index contributed by atoms with van der Waals surface area (Å²) in [5.74, 6) is 0.708. The molecule has 25 heavy (non-hydrogen) atoms. The van der Waals surface area contributed by atoms with Crippen molar-refractivity contribution in [2.75, 3.05) is 13.1 Å². The number of amides is 1. The standard InChI is InChI=1S/C21H21N3O/c25-21(19-5-3-9-22-15-19)24-10-7-16(8-11-24)12-17-13-18-4-1-2-6-20(18)23-14-17/h1-6,9,13-16H,7-8,10-12H2. The molecule has 4 rings (SSSR count). The molecule has 1 aliphatic rings. The number of fused-ring (bicyclic) bond motifs is 1. The van der Waals surface area contributed by atoms with Crippen LogP contribution in [0.1, 0.15) is 28.8 Å². The molecule has 0 spiro atoms. The van der Waals surface area contributed by atoms with E-state index in [1.165, 1.54) is 10.9 Å². The number of pyridine rings is 2. The maximum atomic E-state index is 12.5. The highest BCUT2D eigenvalue weighted by molar-refractivity contribution is 5.93. The van der Waals surface area contributed by atoms with Crippen LogP contribution in [0.3, 0.4) is 0 Å². The molecule has 1 saturated heterocycles. The molecule has 0 bridgehead atoms. The SMILES string of the molecule is O=C(c1cccnc1)N1CCC(Cc2cnc3ccccc3c2)CC1. The molecule has 3 heterocycles. The zero-order chi connectivity index (χ0) is 17.1. The fraction of sp³-hybridized carbons (Fsp3) is 0.286. The van der Waals surface area contributed by atoms with Crippen molar-refractivity contribution in [3.8, 4) is 0 Å². The van der Waals surface area contributed by atoms with E-state index in [9.17, 15) is 4.79 Å². The molecule has 126 valence electrons. The van der Waals surface area contributed by atoms with Gasteiger partial charge >= 0.3 is 0 Å². The summed E-state index contributed by atoms with van der Waals surface area (Å²) in [6.07, 6.45) is 8.45. The molecule has 0 radical (unpaired) electrons. The van der Waals surface area contributed by atoms with Crippen LogP contribution in [0.25, 0.3) is 10.9 Å². The van der Waals surface area contributed by atoms with Gasteiger partial charge in [0.1, 0.15) is 0 Å². The average Bonchev–Trinajstić information content (AvgIpc) is 2.69. The summed E-state index contributed by atoms with van der Waals surface area (Å²) in [6, 6.07) is 14.1. The van der Waals surface area contributed by atoms with Gasteiger partial charge in [-0.15, -0.1) is 0 Å². The Kier molecular flexibility index (Phi) is 4.42. The summed E-state index contributed by atoms with van der Waals surface area (Å²) in [4.78, 5) is 23.0. The van der Waals surface area contributed by atoms with Crippen LogP contribution in [-0.2, 0) is 6.42 Å². The van der Waals surface area contributed by atoms with Gasteiger partial charge in [0.2, 0.25) is 0 Å². The van der Waals surface area contributed by atoms with Gasteiger partial charge in [-0.2, -0.15) is 0 Å². The molecular weight excluding hydrogens is 310 g/mol. The topological polar surface area (TPSA) is 46.1 Å². The molecule has 3 aromatic rings. The van der Waals surface area contributed by atoms with Crippen LogP contribution in [0.15, 0.2) is 61.1 Å². The van der Waals surface area contributed by atoms with E-state index in [1.54, 1.807) is 12.4 Å². The van der Waals surface area contributed by atoms with Gasteiger partial charge in [0, 0.05) is 37.1 Å². The highest BCUT2D eigenvalue weighted by Gasteiger charge is 2.23. The zero-order valence-corrected chi connectivity index (χ0v) is 14.1. The lowest BCUT2D eigenvalue weighted by Gasteiger charge is -2.32. The van der Waals surface area contributed by atoms with Crippen LogP contribution < -0.4 is 0 Å². The summed E-state index contributed by atoms with van der Waals surface area (Å²) in [7, 11) is 0. The first kappa shape index (κ1) is 15.8. The van der Waals surface area contributed by atoms with Gasteiger partial charge in [-0.25, -0.2) is 0 Å². The second-order valence-electron chi connectivity index (χ2n) is 6.72. The Bertz CT molecular complexity index is 870. The summed E-state index contributed by atoms with van der Waals surface area (Å²) >= 11 is 0. The van der Waals surface area contributed by atoms with Crippen molar-refractivity contribution in [3.63, 3.8) is 0 Å². The summed E-state index contributed by atoms with van der Waals surface area (Å²) in [6.45, 7) is 1.64. The number of nitrogens with zero attached hydrogens (tertiary/aromatic N) is 3. The Labute approximate surface area is 147 Å². The molecule has 0 atom stereocenters. The summed E-state index contributed by atoms with van der Waals surface area (Å²) in [5, 5.41) is 1.20. The minimum absolute atomic E-state index is 0.0962. The van der Waals surface area contributed by atoms with E-state index < -0.39 is 0 Å². The molecule has 4 heteroatoms. The predicted molar refractivity (Wildman–Crippen MR) is 98.3 cm³/mol. The van der Waals surface area contributed by atoms with Crippen LogP contribution in [0.4, 0.5) is 0 Å². The van der Waals surface area contributed by atoms with Gasteiger partial charge in [-0.05, 0) is 55.0 Å². The smallest absolute Gasteiger partial charge is 0.255 e. The fourth-order valence-electron chi connectivity index (χ4n) is 3.57. The first-order valence-electron chi connectivity index (χ1n) is 8.82. The number of rotatable bonds is 3. The summed E-state index contributed by atoms with van der Waals surface area (Å²) < 4.78 is 0. The van der Waals surface area contributed by atoms with Crippen molar-refractivity contribution in [3.05, 3.63) is 72.2 Å². The van der Waals surface area contributed by atoms with Crippen LogP contribution in [0, 0.1) is 5.92 Å². The highest BCUT2D eigenvalue weighted by atomic mass is 16.2. The summed E-state index contributed by atoms with van der Waals surface area (Å²) in [5.41, 5.74) is 3.01. The predicted octanol–water partition coefficient (Wildman–Crippen LogP) is 3.72. The van der Waals surface area contributed by atoms with Crippen molar-refractivity contribution < 1.29 is 4.79 Å². The molecule has 1 amide bonds. The lowest BCUT2D eigenvalue weighted by atomic mass is 9.90. The second kappa shape index (κ2) is 7.01. The van der Waals surface area contributed by atoms with E-state index in [-0.39, 0.29) is 5.91 Å². The third-order valence-electron chi connectivity index (χ3n) is 4.98. The van der Waals surface area contributed by atoms with Gasteiger partial charge in [0.05, 0.1) is 11.1 Å². The molecule has 0 saturated carbocycles. The third kappa shape index (κ3) is 3.53. The Morgan fingerprint density at radius 3 is 2.72 bits per heavy atom. The van der Waals surface area contributed by atoms with Crippen molar-refractivity contribution in [2.45, 2.75) is 19.3 Å². The molecule has 4 nitrogen and oxygen atoms in total. The van der Waals surface area contributed by atoms with Gasteiger partial charge in [-0.3, -0.25) is 14.8 Å². The lowest BCUT2D eigenvalue weighted by Crippen LogP contribution is -2.38. The van der Waals surface area contributed by atoms with E-state index in [0.717, 1.165) is 37.9 Å². The number of piperidine rings is 1. The van der Waals surface area contributed by atoms with E-state index in [2.05, 4.69) is 28.2 Å². The maximum Gasteiger partial charge on any atom is 0.255 e. The molecular formula is C21H21N3O. The number of carbonyl (C=O) groups excluding carboxylic acids is 1. The third-order valence-corrected chi connectivity index (χ3v) is 4.98. The van der Waals surface area contributed by atoms with Gasteiger partial charge in [-0.1, -0.05) is 18.2 Å². The minimum atomic E-state index is 0.0962. The fourth-order valence-corrected chi connectivity index (χ4v) is 3.57. The molecule has 1 aromatic carbocycles. The Morgan fingerprint density at radius 1 is 1.08 bits per heavy atom. The van der Waals surface area contributed by atoms with Gasteiger partial charge < -0.3 is 4.90 Å². The minimum Gasteiger partial charge on any atom is -0.339 e. The number of benzene rings is 1. The second-order valence-corrected chi connectivity index (χ2v) is 6.72. The van der Waals surface area contributed by atoms with E-state index in [1.807, 2.05) is 35.4 Å². The van der Waals surface area contributed by atoms with Gasteiger partial charge in [0.25, 0.3) is 5.91 Å². The van der Waals surface area contributed by atoms with Crippen LogP contribution in [0.2, 0.25) is 0 Å². The van der Waals surface area contributed by atoms with E-state index >= 15 is 0 Å². The number of para-hydroxylation sites is 1. The Balaban J connectivity index is 1.37. The van der Waals surface area contributed by atoms with Gasteiger partial charge in [0.15, 0.2) is 0 Å².